The van der Waals surface area contributed by atoms with Gasteiger partial charge in [0.25, 0.3) is 0 Å². The van der Waals surface area contributed by atoms with Crippen molar-refractivity contribution in [1.82, 2.24) is 14.8 Å². The van der Waals surface area contributed by atoms with Crippen molar-refractivity contribution in [2.75, 3.05) is 33.2 Å². The summed E-state index contributed by atoms with van der Waals surface area (Å²) in [5, 5.41) is 3.27. The van der Waals surface area contributed by atoms with Gasteiger partial charge in [-0.2, -0.15) is 0 Å². The number of hydrogen-bond acceptors (Lipinski definition) is 4. The summed E-state index contributed by atoms with van der Waals surface area (Å²) >= 11 is 1.73. The Labute approximate surface area is 95.0 Å². The van der Waals surface area contributed by atoms with Gasteiger partial charge in [-0.1, -0.05) is 6.58 Å². The highest BCUT2D eigenvalue weighted by Crippen LogP contribution is 2.14. The van der Waals surface area contributed by atoms with Crippen LogP contribution < -0.4 is 0 Å². The molecule has 1 saturated heterocycles. The molecule has 1 aromatic heterocycles. The highest BCUT2D eigenvalue weighted by Gasteiger charge is 2.14. The fourth-order valence-corrected chi connectivity index (χ4v) is 2.51. The van der Waals surface area contributed by atoms with Gasteiger partial charge in [-0.25, -0.2) is 4.98 Å². The van der Waals surface area contributed by atoms with Gasteiger partial charge in [0.2, 0.25) is 0 Å². The summed E-state index contributed by atoms with van der Waals surface area (Å²) in [7, 11) is 2.18. The molecule has 82 valence electrons. The fourth-order valence-electron chi connectivity index (χ4n) is 1.69. The van der Waals surface area contributed by atoms with Crippen LogP contribution in [0.4, 0.5) is 0 Å². The third-order valence-corrected chi connectivity index (χ3v) is 3.59. The zero-order valence-corrected chi connectivity index (χ0v) is 9.96. The van der Waals surface area contributed by atoms with E-state index in [0.717, 1.165) is 25.3 Å². The first-order valence-corrected chi connectivity index (χ1v) is 6.13. The van der Waals surface area contributed by atoms with Crippen LogP contribution in [0.15, 0.2) is 12.0 Å². The van der Waals surface area contributed by atoms with E-state index >= 15 is 0 Å². The Morgan fingerprint density at radius 3 is 2.80 bits per heavy atom. The van der Waals surface area contributed by atoms with Crippen molar-refractivity contribution in [2.24, 2.45) is 0 Å². The van der Waals surface area contributed by atoms with Crippen LogP contribution in [0, 0.1) is 0 Å². The smallest absolute Gasteiger partial charge is 0.107 e. The van der Waals surface area contributed by atoms with Crippen LogP contribution in [0.1, 0.15) is 10.7 Å². The first-order chi connectivity index (χ1) is 7.28. The summed E-state index contributed by atoms with van der Waals surface area (Å²) in [5.41, 5.74) is 1.00. The Morgan fingerprint density at radius 1 is 1.47 bits per heavy atom. The van der Waals surface area contributed by atoms with Crippen LogP contribution in [-0.2, 0) is 6.54 Å². The fraction of sp³-hybridized carbons (Fsp3) is 0.545. The Hall–Kier alpha value is -0.710. The van der Waals surface area contributed by atoms with Crippen LogP contribution in [-0.4, -0.2) is 48.0 Å². The molecule has 0 spiro atoms. The number of nitrogens with zero attached hydrogens (tertiary/aromatic N) is 3. The van der Waals surface area contributed by atoms with Gasteiger partial charge < -0.3 is 4.90 Å². The highest BCUT2D eigenvalue weighted by atomic mass is 32.1. The highest BCUT2D eigenvalue weighted by molar-refractivity contribution is 7.09. The molecule has 1 fully saturated rings. The third-order valence-electron chi connectivity index (χ3n) is 2.73. The normalized spacial score (nSPS) is 19.3. The molecule has 2 rings (SSSR count). The molecule has 1 aromatic rings. The number of aromatic nitrogens is 1. The molecule has 0 aromatic carbocycles. The van der Waals surface area contributed by atoms with E-state index in [4.69, 9.17) is 0 Å². The molecule has 0 aliphatic carbocycles. The van der Waals surface area contributed by atoms with Crippen LogP contribution in [0.5, 0.6) is 0 Å². The summed E-state index contributed by atoms with van der Waals surface area (Å²) < 4.78 is 0. The van der Waals surface area contributed by atoms with Crippen molar-refractivity contribution < 1.29 is 0 Å². The van der Waals surface area contributed by atoms with Crippen LogP contribution >= 0.6 is 11.3 Å². The van der Waals surface area contributed by atoms with Crippen molar-refractivity contribution in [3.8, 4) is 0 Å². The van der Waals surface area contributed by atoms with Gasteiger partial charge in [0.15, 0.2) is 0 Å². The van der Waals surface area contributed by atoms with Gasteiger partial charge in [-0.15, -0.1) is 11.3 Å². The molecule has 0 N–H and O–H groups in total. The topological polar surface area (TPSA) is 19.4 Å². The lowest BCUT2D eigenvalue weighted by Crippen LogP contribution is -2.43. The van der Waals surface area contributed by atoms with Gasteiger partial charge in [0.05, 0.1) is 12.2 Å². The SMILES string of the molecule is C=Cc1csc(CN2CCN(C)CC2)n1. The molecule has 0 bridgehead atoms. The zero-order chi connectivity index (χ0) is 10.7. The Balaban J connectivity index is 1.88. The summed E-state index contributed by atoms with van der Waals surface area (Å²) in [5.74, 6) is 0. The molecule has 15 heavy (non-hydrogen) atoms. The van der Waals surface area contributed by atoms with E-state index in [1.807, 2.05) is 6.08 Å². The molecule has 0 unspecified atom stereocenters. The van der Waals surface area contributed by atoms with Crippen LogP contribution in [0.3, 0.4) is 0 Å². The maximum atomic E-state index is 4.49. The number of thiazole rings is 1. The second kappa shape index (κ2) is 4.88. The van der Waals surface area contributed by atoms with Crippen molar-refractivity contribution in [1.29, 1.82) is 0 Å². The van der Waals surface area contributed by atoms with Crippen molar-refractivity contribution >= 4 is 17.4 Å². The van der Waals surface area contributed by atoms with Crippen LogP contribution in [0.25, 0.3) is 6.08 Å². The van der Waals surface area contributed by atoms with E-state index in [1.54, 1.807) is 11.3 Å². The minimum atomic E-state index is 0.992. The lowest BCUT2D eigenvalue weighted by atomic mass is 10.3. The Morgan fingerprint density at radius 2 is 2.20 bits per heavy atom. The molecule has 4 heteroatoms. The van der Waals surface area contributed by atoms with E-state index in [2.05, 4.69) is 33.8 Å². The van der Waals surface area contributed by atoms with E-state index in [-0.39, 0.29) is 0 Å². The average molecular weight is 223 g/mol. The first kappa shape index (κ1) is 10.8. The van der Waals surface area contributed by atoms with Crippen molar-refractivity contribution in [2.45, 2.75) is 6.54 Å². The van der Waals surface area contributed by atoms with E-state index in [1.165, 1.54) is 18.1 Å². The molecule has 1 aliphatic rings. The molecule has 0 saturated carbocycles. The molecule has 0 radical (unpaired) electrons. The van der Waals surface area contributed by atoms with Gasteiger partial charge >= 0.3 is 0 Å². The lowest BCUT2D eigenvalue weighted by Gasteiger charge is -2.31. The number of piperazine rings is 1. The largest absolute Gasteiger partial charge is 0.304 e. The second-order valence-electron chi connectivity index (χ2n) is 3.95. The van der Waals surface area contributed by atoms with Crippen LogP contribution in [0.2, 0.25) is 0 Å². The summed E-state index contributed by atoms with van der Waals surface area (Å²) in [4.78, 5) is 9.32. The Bertz CT molecular complexity index is 326. The predicted octanol–water partition coefficient (Wildman–Crippen LogP) is 1.53. The van der Waals surface area contributed by atoms with Gasteiger partial charge in [0, 0.05) is 31.6 Å². The third kappa shape index (κ3) is 2.87. The monoisotopic (exact) mass is 223 g/mol. The molecule has 1 aliphatic heterocycles. The molecular weight excluding hydrogens is 206 g/mol. The molecule has 3 nitrogen and oxygen atoms in total. The molecule has 0 amide bonds. The van der Waals surface area contributed by atoms with E-state index in [0.29, 0.717) is 0 Å². The summed E-state index contributed by atoms with van der Waals surface area (Å²) in [6.45, 7) is 9.35. The quantitative estimate of drug-likeness (QED) is 0.775. The minimum absolute atomic E-state index is 0.992. The van der Waals surface area contributed by atoms with Gasteiger partial charge in [-0.3, -0.25) is 4.90 Å². The summed E-state index contributed by atoms with van der Waals surface area (Å²) in [6.07, 6.45) is 1.81. The number of likely N-dealkylation sites (N-methyl/N-ethyl adjacent to an activating group) is 1. The molecular formula is C11H17N3S. The molecule has 2 heterocycles. The van der Waals surface area contributed by atoms with Gasteiger partial charge in [0.1, 0.15) is 5.01 Å². The zero-order valence-electron chi connectivity index (χ0n) is 9.15. The van der Waals surface area contributed by atoms with Crippen molar-refractivity contribution in [3.63, 3.8) is 0 Å². The maximum absolute atomic E-state index is 4.49. The molecule has 0 atom stereocenters. The number of rotatable bonds is 3. The minimum Gasteiger partial charge on any atom is -0.304 e. The first-order valence-electron chi connectivity index (χ1n) is 5.25. The van der Waals surface area contributed by atoms with Crippen molar-refractivity contribution in [3.05, 3.63) is 22.7 Å². The Kier molecular flexibility index (Phi) is 3.51. The second-order valence-corrected chi connectivity index (χ2v) is 4.89. The maximum Gasteiger partial charge on any atom is 0.107 e. The standard InChI is InChI=1S/C11H17N3S/c1-3-10-9-15-11(12-10)8-14-6-4-13(2)5-7-14/h3,9H,1,4-8H2,2H3. The predicted molar refractivity (Wildman–Crippen MR) is 65.0 cm³/mol. The summed E-state index contributed by atoms with van der Waals surface area (Å²) in [6, 6.07) is 0. The van der Waals surface area contributed by atoms with E-state index in [9.17, 15) is 0 Å². The number of hydrogen-bond donors (Lipinski definition) is 0. The van der Waals surface area contributed by atoms with E-state index < -0.39 is 0 Å². The van der Waals surface area contributed by atoms with Gasteiger partial charge in [-0.05, 0) is 13.1 Å². The lowest BCUT2D eigenvalue weighted by molar-refractivity contribution is 0.148. The average Bonchev–Trinajstić information content (AvgIpc) is 2.69.